The molecule has 1 rings (SSSR count). The molecule has 0 fully saturated rings. The van der Waals surface area contributed by atoms with Gasteiger partial charge in [0.15, 0.2) is 0 Å². The van der Waals surface area contributed by atoms with Crippen LogP contribution in [0.1, 0.15) is 19.4 Å². The number of sulfonamides is 1. The average molecular weight is 290 g/mol. The van der Waals surface area contributed by atoms with Crippen LogP contribution in [0.15, 0.2) is 30.3 Å². The first kappa shape index (κ1) is 15.5. The van der Waals surface area contributed by atoms with Crippen LogP contribution in [0.3, 0.4) is 0 Å². The molecular weight excluding hydrogens is 270 g/mol. The molecule has 0 saturated carbocycles. The van der Waals surface area contributed by atoms with Gasteiger partial charge in [-0.2, -0.15) is 4.31 Å². The minimum absolute atomic E-state index is 0.0264. The maximum Gasteiger partial charge on any atom is 0.214 e. The molecule has 5 heteroatoms. The average Bonchev–Trinajstić information content (AvgIpc) is 2.36. The van der Waals surface area contributed by atoms with Crippen molar-refractivity contribution in [2.75, 3.05) is 18.2 Å². The summed E-state index contributed by atoms with van der Waals surface area (Å²) in [5.74, 6) is 0.445. The lowest BCUT2D eigenvalue weighted by Crippen LogP contribution is -2.34. The van der Waals surface area contributed by atoms with Gasteiger partial charge in [-0.3, -0.25) is 0 Å². The Labute approximate surface area is 115 Å². The Morgan fingerprint density at radius 2 is 1.89 bits per heavy atom. The fourth-order valence-corrected chi connectivity index (χ4v) is 3.73. The normalized spacial score (nSPS) is 13.8. The predicted octanol–water partition coefficient (Wildman–Crippen LogP) is 2.71. The van der Waals surface area contributed by atoms with Gasteiger partial charge < -0.3 is 0 Å². The fourth-order valence-electron chi connectivity index (χ4n) is 1.70. The van der Waals surface area contributed by atoms with Gasteiger partial charge in [-0.05, 0) is 11.5 Å². The summed E-state index contributed by atoms with van der Waals surface area (Å²) < 4.78 is 25.9. The number of halogens is 1. The van der Waals surface area contributed by atoms with E-state index in [0.717, 1.165) is 5.56 Å². The molecule has 0 spiro atoms. The summed E-state index contributed by atoms with van der Waals surface area (Å²) in [6, 6.07) is 9.62. The van der Waals surface area contributed by atoms with Crippen molar-refractivity contribution in [1.29, 1.82) is 0 Å². The summed E-state index contributed by atoms with van der Waals surface area (Å²) in [6.07, 6.45) is 0. The molecule has 0 bridgehead atoms. The van der Waals surface area contributed by atoms with E-state index >= 15 is 0 Å². The van der Waals surface area contributed by atoms with Crippen LogP contribution in [0.5, 0.6) is 0 Å². The summed E-state index contributed by atoms with van der Waals surface area (Å²) in [5, 5.41) is 0. The maximum absolute atomic E-state index is 12.2. The van der Waals surface area contributed by atoms with Crippen LogP contribution in [-0.4, -0.2) is 30.9 Å². The van der Waals surface area contributed by atoms with Gasteiger partial charge in [-0.25, -0.2) is 8.42 Å². The summed E-state index contributed by atoms with van der Waals surface area (Å²) >= 11 is 5.68. The first-order valence-corrected chi connectivity index (χ1v) is 8.21. The van der Waals surface area contributed by atoms with E-state index in [1.165, 1.54) is 4.31 Å². The Hall–Kier alpha value is -0.580. The molecule has 0 heterocycles. The van der Waals surface area contributed by atoms with E-state index in [1.54, 1.807) is 0 Å². The number of rotatable bonds is 7. The van der Waals surface area contributed by atoms with E-state index in [2.05, 4.69) is 0 Å². The molecule has 1 atom stereocenters. The fraction of sp³-hybridized carbons (Fsp3) is 0.538. The second-order valence-electron chi connectivity index (χ2n) is 4.45. The number of hydrogen-bond acceptors (Lipinski definition) is 2. The van der Waals surface area contributed by atoms with Crippen molar-refractivity contribution in [2.45, 2.75) is 20.4 Å². The number of benzene rings is 1. The first-order valence-electron chi connectivity index (χ1n) is 6.07. The minimum Gasteiger partial charge on any atom is -0.212 e. The van der Waals surface area contributed by atoms with E-state index < -0.39 is 10.0 Å². The second-order valence-corrected chi connectivity index (χ2v) is 6.77. The van der Waals surface area contributed by atoms with Crippen LogP contribution >= 0.6 is 11.6 Å². The van der Waals surface area contributed by atoms with Crippen LogP contribution in [0.2, 0.25) is 0 Å². The molecule has 0 N–H and O–H groups in total. The lowest BCUT2D eigenvalue weighted by molar-refractivity contribution is 0.419. The predicted molar refractivity (Wildman–Crippen MR) is 76.2 cm³/mol. The zero-order chi connectivity index (χ0) is 13.6. The molecule has 1 aromatic rings. The SMILES string of the molecule is CCN(Cc1ccccc1)S(=O)(=O)CC(C)CCl. The number of alkyl halides is 1. The molecule has 0 aliphatic rings. The molecule has 102 valence electrons. The Bertz CT molecular complexity index is 447. The largest absolute Gasteiger partial charge is 0.214 e. The van der Waals surface area contributed by atoms with Crippen molar-refractivity contribution < 1.29 is 8.42 Å². The zero-order valence-electron chi connectivity index (χ0n) is 10.8. The summed E-state index contributed by atoms with van der Waals surface area (Å²) in [4.78, 5) is 0. The van der Waals surface area contributed by atoms with E-state index in [9.17, 15) is 8.42 Å². The van der Waals surface area contributed by atoms with Crippen molar-refractivity contribution in [3.05, 3.63) is 35.9 Å². The quantitative estimate of drug-likeness (QED) is 0.724. The molecule has 1 aromatic carbocycles. The van der Waals surface area contributed by atoms with Gasteiger partial charge in [0.1, 0.15) is 0 Å². The van der Waals surface area contributed by atoms with Gasteiger partial charge in [0.25, 0.3) is 0 Å². The molecule has 0 aliphatic heterocycles. The topological polar surface area (TPSA) is 37.4 Å². The molecule has 0 aliphatic carbocycles. The standard InChI is InChI=1S/C13H20ClNO2S/c1-3-15(10-13-7-5-4-6-8-13)18(16,17)11-12(2)9-14/h4-8,12H,3,9-11H2,1-2H3. The molecule has 0 amide bonds. The van der Waals surface area contributed by atoms with Gasteiger partial charge in [0, 0.05) is 19.0 Å². The van der Waals surface area contributed by atoms with Gasteiger partial charge >= 0.3 is 0 Å². The van der Waals surface area contributed by atoms with E-state index in [1.807, 2.05) is 44.2 Å². The molecule has 0 radical (unpaired) electrons. The lowest BCUT2D eigenvalue weighted by Gasteiger charge is -2.22. The highest BCUT2D eigenvalue weighted by Gasteiger charge is 2.22. The Morgan fingerprint density at radius 1 is 1.28 bits per heavy atom. The third-order valence-corrected chi connectivity index (χ3v) is 5.40. The molecule has 3 nitrogen and oxygen atoms in total. The summed E-state index contributed by atoms with van der Waals surface area (Å²) in [5.41, 5.74) is 1.00. The van der Waals surface area contributed by atoms with Crippen LogP contribution in [0.4, 0.5) is 0 Å². The highest BCUT2D eigenvalue weighted by atomic mass is 35.5. The van der Waals surface area contributed by atoms with Crippen molar-refractivity contribution in [1.82, 2.24) is 4.31 Å². The smallest absolute Gasteiger partial charge is 0.212 e. The lowest BCUT2D eigenvalue weighted by atomic mass is 10.2. The van der Waals surface area contributed by atoms with E-state index in [4.69, 9.17) is 11.6 Å². The Morgan fingerprint density at radius 3 is 2.39 bits per heavy atom. The monoisotopic (exact) mass is 289 g/mol. The summed E-state index contributed by atoms with van der Waals surface area (Å²) in [7, 11) is -3.23. The second kappa shape index (κ2) is 7.12. The van der Waals surface area contributed by atoms with Gasteiger partial charge in [0.05, 0.1) is 5.75 Å². The first-order chi connectivity index (χ1) is 8.49. The van der Waals surface area contributed by atoms with E-state index in [-0.39, 0.29) is 11.7 Å². The molecule has 0 saturated heterocycles. The molecule has 18 heavy (non-hydrogen) atoms. The maximum atomic E-state index is 12.2. The molecule has 1 unspecified atom stereocenters. The third-order valence-electron chi connectivity index (χ3n) is 2.71. The summed E-state index contributed by atoms with van der Waals surface area (Å²) in [6.45, 7) is 4.60. The van der Waals surface area contributed by atoms with Gasteiger partial charge in [0.2, 0.25) is 10.0 Å². The highest BCUT2D eigenvalue weighted by Crippen LogP contribution is 2.13. The molecule has 0 aromatic heterocycles. The van der Waals surface area contributed by atoms with Crippen LogP contribution in [0, 0.1) is 5.92 Å². The minimum atomic E-state index is -3.23. The van der Waals surface area contributed by atoms with Crippen molar-refractivity contribution >= 4 is 21.6 Å². The number of hydrogen-bond donors (Lipinski definition) is 0. The van der Waals surface area contributed by atoms with Crippen molar-refractivity contribution in [2.24, 2.45) is 5.92 Å². The van der Waals surface area contributed by atoms with Crippen LogP contribution in [-0.2, 0) is 16.6 Å². The Balaban J connectivity index is 2.77. The number of nitrogens with zero attached hydrogens (tertiary/aromatic N) is 1. The highest BCUT2D eigenvalue weighted by molar-refractivity contribution is 7.89. The Kier molecular flexibility index (Phi) is 6.12. The zero-order valence-corrected chi connectivity index (χ0v) is 12.4. The van der Waals surface area contributed by atoms with Crippen LogP contribution in [0.25, 0.3) is 0 Å². The van der Waals surface area contributed by atoms with Crippen molar-refractivity contribution in [3.8, 4) is 0 Å². The van der Waals surface area contributed by atoms with Crippen molar-refractivity contribution in [3.63, 3.8) is 0 Å². The third kappa shape index (κ3) is 4.59. The van der Waals surface area contributed by atoms with Gasteiger partial charge in [-0.15, -0.1) is 11.6 Å². The van der Waals surface area contributed by atoms with E-state index in [0.29, 0.717) is 19.0 Å². The van der Waals surface area contributed by atoms with Crippen LogP contribution < -0.4 is 0 Å². The molecular formula is C13H20ClNO2S. The van der Waals surface area contributed by atoms with Gasteiger partial charge in [-0.1, -0.05) is 44.2 Å².